The molecule has 1 atom stereocenters. The van der Waals surface area contributed by atoms with E-state index in [4.69, 9.17) is 4.89 Å². The lowest BCUT2D eigenvalue weighted by molar-refractivity contribution is -0.394. The summed E-state index contributed by atoms with van der Waals surface area (Å²) in [6.07, 6.45) is 0. The topological polar surface area (TPSA) is 124 Å². The third-order valence-electron chi connectivity index (χ3n) is 1.57. The van der Waals surface area contributed by atoms with E-state index in [1.165, 1.54) is 0 Å². The Hall–Kier alpha value is -1.79. The molecule has 0 aliphatic heterocycles. The molecule has 80 valence electrons. The van der Waals surface area contributed by atoms with Gasteiger partial charge in [-0.25, -0.2) is 0 Å². The van der Waals surface area contributed by atoms with Crippen LogP contribution in [0.4, 0.5) is 11.4 Å². The molecule has 9 heteroatoms. The molecule has 8 nitrogen and oxygen atoms in total. The molecule has 1 aromatic carbocycles. The number of nitrogens with zero attached hydrogens (tertiary/aromatic N) is 2. The molecule has 0 radical (unpaired) electrons. The van der Waals surface area contributed by atoms with Crippen molar-refractivity contribution in [3.63, 3.8) is 0 Å². The molecule has 0 saturated heterocycles. The number of benzene rings is 1. The Bertz CT molecular complexity index is 380. The second-order valence-electron chi connectivity index (χ2n) is 2.56. The van der Waals surface area contributed by atoms with Gasteiger partial charge < -0.3 is 4.89 Å². The summed E-state index contributed by atoms with van der Waals surface area (Å²) in [7, 11) is -3.18. The third-order valence-corrected chi connectivity index (χ3v) is 2.35. The maximum atomic E-state index is 10.7. The molecule has 0 amide bonds. The van der Waals surface area contributed by atoms with Crippen LogP contribution in [0.15, 0.2) is 18.2 Å². The smallest absolute Gasteiger partial charge is 0.277 e. The summed E-state index contributed by atoms with van der Waals surface area (Å²) in [6.45, 7) is 0. The predicted molar refractivity (Wildman–Crippen MR) is 50.6 cm³/mol. The minimum atomic E-state index is -3.18. The molecule has 0 heterocycles. The Morgan fingerprint density at radius 3 is 1.73 bits per heavy atom. The zero-order valence-electron chi connectivity index (χ0n) is 7.11. The van der Waals surface area contributed by atoms with Crippen molar-refractivity contribution in [2.75, 3.05) is 0 Å². The first-order chi connectivity index (χ1) is 6.91. The van der Waals surface area contributed by atoms with Crippen LogP contribution in [-0.2, 0) is 4.57 Å². The predicted octanol–water partition coefficient (Wildman–Crippen LogP) is 0.595. The van der Waals surface area contributed by atoms with E-state index in [2.05, 4.69) is 0 Å². The van der Waals surface area contributed by atoms with Crippen LogP contribution in [0.3, 0.4) is 0 Å². The van der Waals surface area contributed by atoms with E-state index < -0.39 is 29.2 Å². The van der Waals surface area contributed by atoms with Crippen LogP contribution in [0.2, 0.25) is 0 Å². The normalized spacial score (nSPS) is 12.1. The summed E-state index contributed by atoms with van der Waals surface area (Å²) >= 11 is 0. The molecule has 0 bridgehead atoms. The van der Waals surface area contributed by atoms with Crippen molar-refractivity contribution in [1.29, 1.82) is 0 Å². The molecule has 1 N–H and O–H groups in total. The molecule has 1 aromatic rings. The minimum absolute atomic E-state index is 0.305. The summed E-state index contributed by atoms with van der Waals surface area (Å²) in [5.41, 5.74) is -1.15. The van der Waals surface area contributed by atoms with E-state index in [1.807, 2.05) is 0 Å². The van der Waals surface area contributed by atoms with Gasteiger partial charge in [-0.05, 0) is 0 Å². The summed E-state index contributed by atoms with van der Waals surface area (Å²) in [5, 5.41) is 20.4. The molecule has 1 rings (SSSR count). The van der Waals surface area contributed by atoms with Crippen molar-refractivity contribution < 1.29 is 19.3 Å². The number of non-ortho nitro benzene ring substituents is 2. The molecular formula is C6H5N2O6P. The lowest BCUT2D eigenvalue weighted by Gasteiger charge is -1.97. The van der Waals surface area contributed by atoms with Gasteiger partial charge in [0.1, 0.15) is 0 Å². The Balaban J connectivity index is 3.39. The van der Waals surface area contributed by atoms with Gasteiger partial charge in [0.2, 0.25) is 8.03 Å². The first-order valence-electron chi connectivity index (χ1n) is 3.59. The lowest BCUT2D eigenvalue weighted by atomic mass is 10.3. The fourth-order valence-corrected chi connectivity index (χ4v) is 1.47. The Morgan fingerprint density at radius 2 is 1.47 bits per heavy atom. The van der Waals surface area contributed by atoms with Gasteiger partial charge >= 0.3 is 0 Å². The summed E-state index contributed by atoms with van der Waals surface area (Å²) in [4.78, 5) is 27.7. The molecule has 0 aromatic heterocycles. The zero-order chi connectivity index (χ0) is 11.6. The molecule has 0 aliphatic carbocycles. The van der Waals surface area contributed by atoms with Crippen LogP contribution in [0.25, 0.3) is 0 Å². The molecule has 0 saturated carbocycles. The summed E-state index contributed by atoms with van der Waals surface area (Å²) in [5.74, 6) is 0. The van der Waals surface area contributed by atoms with E-state index >= 15 is 0 Å². The van der Waals surface area contributed by atoms with Gasteiger partial charge in [-0.2, -0.15) is 0 Å². The van der Waals surface area contributed by atoms with Gasteiger partial charge in [0, 0.05) is 17.4 Å². The highest BCUT2D eigenvalue weighted by Gasteiger charge is 2.17. The minimum Gasteiger partial charge on any atom is -0.343 e. The Kier molecular flexibility index (Phi) is 3.13. The molecular weight excluding hydrogens is 227 g/mol. The zero-order valence-corrected chi connectivity index (χ0v) is 8.11. The van der Waals surface area contributed by atoms with Gasteiger partial charge in [-0.3, -0.25) is 24.8 Å². The van der Waals surface area contributed by atoms with Crippen LogP contribution in [0, 0.1) is 20.2 Å². The Labute approximate surface area is 83.3 Å². The first-order valence-corrected chi connectivity index (χ1v) is 4.94. The largest absolute Gasteiger partial charge is 0.343 e. The average molecular weight is 232 g/mol. The van der Waals surface area contributed by atoms with Crippen molar-refractivity contribution in [2.24, 2.45) is 0 Å². The number of nitro groups is 2. The molecule has 0 spiro atoms. The van der Waals surface area contributed by atoms with Crippen LogP contribution in [-0.4, -0.2) is 14.7 Å². The maximum absolute atomic E-state index is 10.7. The van der Waals surface area contributed by atoms with Crippen molar-refractivity contribution in [3.8, 4) is 0 Å². The van der Waals surface area contributed by atoms with Gasteiger partial charge in [0.05, 0.1) is 15.9 Å². The highest BCUT2D eigenvalue weighted by molar-refractivity contribution is 7.47. The van der Waals surface area contributed by atoms with E-state index in [9.17, 15) is 24.8 Å². The summed E-state index contributed by atoms with van der Waals surface area (Å²) < 4.78 is 10.7. The number of rotatable bonds is 3. The standard InChI is InChI=1S/C6H5N2O6P/c9-7(10)4-1-5(8(11)12)3-6(2-4)15(13)14/h1-3,15H,(H,13,14). The number of hydrogen-bond donors (Lipinski definition) is 1. The molecule has 0 fully saturated rings. The van der Waals surface area contributed by atoms with Gasteiger partial charge in [-0.15, -0.1) is 0 Å². The molecule has 15 heavy (non-hydrogen) atoms. The maximum Gasteiger partial charge on any atom is 0.277 e. The monoisotopic (exact) mass is 232 g/mol. The van der Waals surface area contributed by atoms with E-state index in [0.29, 0.717) is 0 Å². The van der Waals surface area contributed by atoms with Crippen LogP contribution in [0.1, 0.15) is 0 Å². The van der Waals surface area contributed by atoms with Crippen molar-refractivity contribution in [3.05, 3.63) is 38.4 Å². The fraction of sp³-hybridized carbons (Fsp3) is 0. The van der Waals surface area contributed by atoms with E-state index in [-0.39, 0.29) is 5.30 Å². The van der Waals surface area contributed by atoms with Gasteiger partial charge in [0.15, 0.2) is 0 Å². The van der Waals surface area contributed by atoms with Crippen molar-refractivity contribution in [1.82, 2.24) is 0 Å². The number of nitro benzene ring substituents is 2. The van der Waals surface area contributed by atoms with Crippen LogP contribution in [0.5, 0.6) is 0 Å². The fourth-order valence-electron chi connectivity index (χ4n) is 0.929. The second-order valence-corrected chi connectivity index (χ2v) is 3.75. The summed E-state index contributed by atoms with van der Waals surface area (Å²) in [6, 6.07) is 2.41. The van der Waals surface area contributed by atoms with E-state index in [1.54, 1.807) is 0 Å². The number of hydrogen-bond acceptors (Lipinski definition) is 5. The second kappa shape index (κ2) is 4.16. The molecule has 0 aliphatic rings. The SMILES string of the molecule is O=[N+]([O-])c1cc([N+](=O)[O-])cc([PH](=O)O)c1. The highest BCUT2D eigenvalue weighted by Crippen LogP contribution is 2.23. The third kappa shape index (κ3) is 2.58. The molecule has 1 unspecified atom stereocenters. The van der Waals surface area contributed by atoms with E-state index in [0.717, 1.165) is 18.2 Å². The quantitative estimate of drug-likeness (QED) is 0.462. The van der Waals surface area contributed by atoms with Gasteiger partial charge in [0.25, 0.3) is 11.4 Å². The first kappa shape index (κ1) is 11.3. The van der Waals surface area contributed by atoms with Crippen molar-refractivity contribution in [2.45, 2.75) is 0 Å². The highest BCUT2D eigenvalue weighted by atomic mass is 31.1. The average Bonchev–Trinajstić information content (AvgIpc) is 2.16. The van der Waals surface area contributed by atoms with Crippen molar-refractivity contribution >= 4 is 24.7 Å². The van der Waals surface area contributed by atoms with Crippen LogP contribution < -0.4 is 5.30 Å². The lowest BCUT2D eigenvalue weighted by Crippen LogP contribution is -2.02. The van der Waals surface area contributed by atoms with Crippen LogP contribution >= 0.6 is 8.03 Å². The Morgan fingerprint density at radius 1 is 1.07 bits per heavy atom. The van der Waals surface area contributed by atoms with Gasteiger partial charge in [-0.1, -0.05) is 0 Å².